The molecule has 2 aromatic carbocycles. The number of carbonyl (C=O) groups is 2. The van der Waals surface area contributed by atoms with Crippen molar-refractivity contribution >= 4 is 99.2 Å². The van der Waals surface area contributed by atoms with Gasteiger partial charge in [0.15, 0.2) is 19.7 Å². The predicted molar refractivity (Wildman–Crippen MR) is 215 cm³/mol. The first-order valence-electron chi connectivity index (χ1n) is 16.6. The molecule has 14 nitrogen and oxygen atoms in total. The minimum Gasteiger partial charge on any atom is -0.365 e. The highest BCUT2D eigenvalue weighted by Gasteiger charge is 2.22. The van der Waals surface area contributed by atoms with Gasteiger partial charge in [-0.3, -0.25) is 29.5 Å². The summed E-state index contributed by atoms with van der Waals surface area (Å²) in [6.07, 6.45) is 9.26. The fourth-order valence-electron chi connectivity index (χ4n) is 5.70. The van der Waals surface area contributed by atoms with E-state index in [-0.39, 0.29) is 32.4 Å². The number of carbonyl (C=O) groups excluding carboxylic acids is 2. The number of primary amides is 2. The summed E-state index contributed by atoms with van der Waals surface area (Å²) < 4.78 is 49.9. The summed E-state index contributed by atoms with van der Waals surface area (Å²) in [7, 11) is -6.91. The second-order valence-electron chi connectivity index (χ2n) is 12.4. The van der Waals surface area contributed by atoms with E-state index in [0.717, 1.165) is 0 Å². The molecule has 6 N–H and O–H groups in total. The molecule has 0 saturated heterocycles. The van der Waals surface area contributed by atoms with Crippen LogP contribution in [0, 0.1) is 13.8 Å². The van der Waals surface area contributed by atoms with Gasteiger partial charge in [-0.25, -0.2) is 16.8 Å². The fraction of sp³-hybridized carbons (Fsp3) is 0.189. The van der Waals surface area contributed by atoms with Crippen molar-refractivity contribution in [2.45, 2.75) is 43.9 Å². The molecule has 4 heterocycles. The topological polar surface area (TPSA) is 230 Å². The number of benzene rings is 2. The first-order valence-corrected chi connectivity index (χ1v) is 20.7. The van der Waals surface area contributed by atoms with Crippen LogP contribution in [0.25, 0.3) is 21.8 Å². The zero-order valence-electron chi connectivity index (χ0n) is 30.0. The van der Waals surface area contributed by atoms with Gasteiger partial charge >= 0.3 is 0 Å². The lowest BCUT2D eigenvalue weighted by Crippen LogP contribution is -2.15. The maximum Gasteiger partial charge on any atom is 0.252 e. The second-order valence-corrected chi connectivity index (χ2v) is 17.6. The summed E-state index contributed by atoms with van der Waals surface area (Å²) >= 11 is 12.0. The second kappa shape index (κ2) is 16.5. The van der Waals surface area contributed by atoms with Gasteiger partial charge in [-0.1, -0.05) is 37.0 Å². The average Bonchev–Trinajstić information content (AvgIpc) is 3.12. The van der Waals surface area contributed by atoms with Crippen LogP contribution in [-0.4, -0.2) is 60.1 Å². The molecule has 0 fully saturated rings. The zero-order valence-corrected chi connectivity index (χ0v) is 33.2. The van der Waals surface area contributed by atoms with Crippen molar-refractivity contribution in [1.29, 1.82) is 0 Å². The summed E-state index contributed by atoms with van der Waals surface area (Å²) in [4.78, 5) is 40.9. The summed E-state index contributed by atoms with van der Waals surface area (Å²) in [6.45, 7) is 6.91. The third kappa shape index (κ3) is 9.11. The SMILES string of the molecule is CCCS(=O)(=O)c1cc(C)c2ncc(C(N)=O)c(Nc3cncc(Cl)c3)c2c1.CCS(=O)(=O)c1cc(C)c2ncc(C(N)=O)c(Nc3cncc(Cl)c3)c2c1. The van der Waals surface area contributed by atoms with Gasteiger partial charge in [0.1, 0.15) is 0 Å². The number of fused-ring (bicyclic) bond motifs is 2. The Labute approximate surface area is 327 Å². The normalized spacial score (nSPS) is 11.5. The van der Waals surface area contributed by atoms with E-state index >= 15 is 0 Å². The molecular formula is C37H36Cl2N8O6S2. The van der Waals surface area contributed by atoms with Crippen molar-refractivity contribution in [2.75, 3.05) is 22.1 Å². The van der Waals surface area contributed by atoms with E-state index < -0.39 is 31.5 Å². The van der Waals surface area contributed by atoms with Crippen molar-refractivity contribution in [3.05, 3.63) is 106 Å². The number of hydrogen-bond donors (Lipinski definition) is 4. The van der Waals surface area contributed by atoms with Gasteiger partial charge in [0, 0.05) is 35.6 Å². The number of hydrogen-bond acceptors (Lipinski definition) is 12. The van der Waals surface area contributed by atoms with Gasteiger partial charge in [-0.2, -0.15) is 0 Å². The number of halogens is 2. The molecule has 0 aliphatic rings. The molecule has 18 heteroatoms. The quantitative estimate of drug-likeness (QED) is 0.105. The molecule has 0 spiro atoms. The Balaban J connectivity index is 0.000000211. The van der Waals surface area contributed by atoms with Crippen molar-refractivity contribution in [1.82, 2.24) is 19.9 Å². The van der Waals surface area contributed by atoms with E-state index in [0.29, 0.717) is 72.1 Å². The predicted octanol–water partition coefficient (Wildman–Crippen LogP) is 6.85. The van der Waals surface area contributed by atoms with Crippen LogP contribution in [0.2, 0.25) is 10.0 Å². The lowest BCUT2D eigenvalue weighted by Gasteiger charge is -2.15. The van der Waals surface area contributed by atoms with Crippen LogP contribution in [0.1, 0.15) is 52.1 Å². The number of pyridine rings is 4. The summed E-state index contributed by atoms with van der Waals surface area (Å²) in [6, 6.07) is 9.45. The molecule has 6 rings (SSSR count). The number of amides is 2. The molecule has 0 atom stereocenters. The first kappa shape index (κ1) is 40.8. The third-order valence-corrected chi connectivity index (χ3v) is 12.3. The van der Waals surface area contributed by atoms with Crippen molar-refractivity contribution in [2.24, 2.45) is 11.5 Å². The standard InChI is InChI=1S/C19H19ClN4O3S.C18H17ClN4O3S/c1-3-4-28(26,27)14-5-11(2)17-15(7-14)18(16(10-23-17)19(21)25)24-13-6-12(20)8-22-9-13;1-3-27(25,26)13-4-10(2)16-14(6-13)17(15(9-22-16)18(20)24)23-12-5-11(19)7-21-8-12/h5-10H,3-4H2,1-2H3,(H2,21,25)(H,23,24);4-9H,3H2,1-2H3,(H2,20,24)(H,22,23). The van der Waals surface area contributed by atoms with Crippen LogP contribution in [0.15, 0.2) is 83.4 Å². The number of nitrogens with zero attached hydrogens (tertiary/aromatic N) is 4. The lowest BCUT2D eigenvalue weighted by atomic mass is 10.1. The van der Waals surface area contributed by atoms with Crippen LogP contribution in [-0.2, 0) is 19.7 Å². The van der Waals surface area contributed by atoms with Crippen LogP contribution in [0.4, 0.5) is 22.7 Å². The number of sulfone groups is 2. The van der Waals surface area contributed by atoms with Gasteiger partial charge in [0.05, 0.1) is 88.6 Å². The molecule has 286 valence electrons. The Morgan fingerprint density at radius 3 is 1.42 bits per heavy atom. The maximum absolute atomic E-state index is 12.6. The minimum atomic E-state index is -3.46. The number of anilines is 4. The smallest absolute Gasteiger partial charge is 0.252 e. The maximum atomic E-state index is 12.6. The van der Waals surface area contributed by atoms with Crippen LogP contribution < -0.4 is 22.1 Å². The summed E-state index contributed by atoms with van der Waals surface area (Å²) in [5.74, 6) is -1.39. The fourth-order valence-corrected chi connectivity index (χ4v) is 8.46. The molecule has 2 amide bonds. The van der Waals surface area contributed by atoms with Crippen LogP contribution in [0.5, 0.6) is 0 Å². The molecular weight excluding hydrogens is 787 g/mol. The number of rotatable bonds is 11. The molecule has 0 bridgehead atoms. The summed E-state index contributed by atoms with van der Waals surface area (Å²) in [5, 5.41) is 7.94. The zero-order chi connectivity index (χ0) is 40.2. The lowest BCUT2D eigenvalue weighted by molar-refractivity contribution is 0.0992. The Hall–Kier alpha value is -5.42. The van der Waals surface area contributed by atoms with Crippen LogP contribution in [0.3, 0.4) is 0 Å². The van der Waals surface area contributed by atoms with Crippen molar-refractivity contribution in [3.8, 4) is 0 Å². The molecule has 0 unspecified atom stereocenters. The highest BCUT2D eigenvalue weighted by molar-refractivity contribution is 7.91. The van der Waals surface area contributed by atoms with E-state index in [1.165, 1.54) is 49.3 Å². The number of aryl methyl sites for hydroxylation is 2. The molecule has 55 heavy (non-hydrogen) atoms. The van der Waals surface area contributed by atoms with Gasteiger partial charge < -0.3 is 22.1 Å². The molecule has 0 radical (unpaired) electrons. The molecule has 0 aliphatic heterocycles. The third-order valence-electron chi connectivity index (χ3n) is 8.32. The van der Waals surface area contributed by atoms with Crippen molar-refractivity contribution < 1.29 is 26.4 Å². The Morgan fingerprint density at radius 2 is 1.05 bits per heavy atom. The van der Waals surface area contributed by atoms with Gasteiger partial charge in [0.2, 0.25) is 0 Å². The Morgan fingerprint density at radius 1 is 0.636 bits per heavy atom. The molecule has 6 aromatic rings. The highest BCUT2D eigenvalue weighted by Crippen LogP contribution is 2.35. The monoisotopic (exact) mass is 822 g/mol. The van der Waals surface area contributed by atoms with E-state index in [4.69, 9.17) is 34.7 Å². The first-order chi connectivity index (χ1) is 25.9. The van der Waals surface area contributed by atoms with Crippen LogP contribution >= 0.6 is 23.2 Å². The Kier molecular flexibility index (Phi) is 12.2. The summed E-state index contributed by atoms with van der Waals surface area (Å²) in [5.41, 5.74) is 15.5. The van der Waals surface area contributed by atoms with E-state index in [2.05, 4.69) is 30.6 Å². The molecule has 0 aliphatic carbocycles. The number of nitrogens with one attached hydrogen (secondary N) is 2. The van der Waals surface area contributed by atoms with Gasteiger partial charge in [-0.05, 0) is 67.8 Å². The average molecular weight is 824 g/mol. The Bertz CT molecular complexity index is 2710. The van der Waals surface area contributed by atoms with E-state index in [1.807, 2.05) is 0 Å². The van der Waals surface area contributed by atoms with E-state index in [1.54, 1.807) is 52.0 Å². The van der Waals surface area contributed by atoms with Gasteiger partial charge in [0.25, 0.3) is 11.8 Å². The largest absolute Gasteiger partial charge is 0.365 e. The van der Waals surface area contributed by atoms with Gasteiger partial charge in [-0.15, -0.1) is 0 Å². The minimum absolute atomic E-state index is 0.0296. The molecule has 0 saturated carbocycles. The highest BCUT2D eigenvalue weighted by atomic mass is 35.5. The van der Waals surface area contributed by atoms with Crippen molar-refractivity contribution in [3.63, 3.8) is 0 Å². The number of nitrogens with two attached hydrogens (primary N) is 2. The van der Waals surface area contributed by atoms with E-state index in [9.17, 15) is 26.4 Å². The molecule has 4 aromatic heterocycles. The number of aromatic nitrogens is 4.